The largest absolute Gasteiger partial charge is 0.372 e. The van der Waals surface area contributed by atoms with E-state index >= 15 is 0 Å². The fourth-order valence-electron chi connectivity index (χ4n) is 4.25. The molecule has 3 atom stereocenters. The van der Waals surface area contributed by atoms with Gasteiger partial charge in [-0.15, -0.1) is 0 Å². The molecule has 1 fully saturated rings. The minimum absolute atomic E-state index is 0.143. The zero-order valence-corrected chi connectivity index (χ0v) is 17.9. The van der Waals surface area contributed by atoms with E-state index in [-0.39, 0.29) is 17.8 Å². The van der Waals surface area contributed by atoms with Crippen molar-refractivity contribution >= 4 is 15.9 Å². The summed E-state index contributed by atoms with van der Waals surface area (Å²) in [5, 5.41) is 0.876. The molecule has 148 valence electrons. The minimum atomic E-state index is -0.281. The van der Waals surface area contributed by atoms with Gasteiger partial charge in [-0.1, -0.05) is 89.1 Å². The number of hydrogen-bond acceptors (Lipinski definition) is 3. The molecule has 2 aromatic carbocycles. The van der Waals surface area contributed by atoms with Crippen LogP contribution in [0.25, 0.3) is 0 Å². The molecule has 0 bridgehead atoms. The number of rotatable bonds is 6. The molecule has 0 unspecified atom stereocenters. The SMILES string of the molecule is C[C@@]12CO[C@@H](c3ccccc3)O[C@H]1CCC(CBr)=C2COCc1ccccc1. The van der Waals surface area contributed by atoms with Gasteiger partial charge in [-0.25, -0.2) is 0 Å². The van der Waals surface area contributed by atoms with E-state index in [0.29, 0.717) is 19.8 Å². The van der Waals surface area contributed by atoms with Gasteiger partial charge in [-0.05, 0) is 24.0 Å². The van der Waals surface area contributed by atoms with Crippen LogP contribution in [-0.2, 0) is 20.8 Å². The summed E-state index contributed by atoms with van der Waals surface area (Å²) in [6.07, 6.45) is 1.92. The van der Waals surface area contributed by atoms with Gasteiger partial charge in [0, 0.05) is 16.3 Å². The van der Waals surface area contributed by atoms with Crippen LogP contribution in [0.3, 0.4) is 0 Å². The van der Waals surface area contributed by atoms with Crippen molar-refractivity contribution in [1.82, 2.24) is 0 Å². The van der Waals surface area contributed by atoms with Crippen LogP contribution >= 0.6 is 15.9 Å². The van der Waals surface area contributed by atoms with Gasteiger partial charge in [0.2, 0.25) is 0 Å². The molecule has 1 aliphatic heterocycles. The first kappa shape index (κ1) is 19.8. The minimum Gasteiger partial charge on any atom is -0.372 e. The molecule has 0 saturated carbocycles. The van der Waals surface area contributed by atoms with Crippen LogP contribution in [-0.4, -0.2) is 24.6 Å². The quantitative estimate of drug-likeness (QED) is 0.417. The van der Waals surface area contributed by atoms with E-state index in [1.54, 1.807) is 0 Å². The average molecular weight is 443 g/mol. The third kappa shape index (κ3) is 4.11. The first-order valence-corrected chi connectivity index (χ1v) is 11.0. The summed E-state index contributed by atoms with van der Waals surface area (Å²) >= 11 is 3.68. The van der Waals surface area contributed by atoms with Crippen molar-refractivity contribution < 1.29 is 14.2 Å². The Morgan fingerprint density at radius 3 is 2.46 bits per heavy atom. The van der Waals surface area contributed by atoms with Crippen LogP contribution in [0.4, 0.5) is 0 Å². The number of hydrogen-bond donors (Lipinski definition) is 0. The zero-order valence-electron chi connectivity index (χ0n) is 16.3. The van der Waals surface area contributed by atoms with Gasteiger partial charge in [0.25, 0.3) is 0 Å². The molecule has 2 aliphatic rings. The van der Waals surface area contributed by atoms with Crippen molar-refractivity contribution in [3.8, 4) is 0 Å². The van der Waals surface area contributed by atoms with E-state index in [9.17, 15) is 0 Å². The van der Waals surface area contributed by atoms with Gasteiger partial charge in [0.1, 0.15) is 0 Å². The summed E-state index contributed by atoms with van der Waals surface area (Å²) in [5.74, 6) is 0. The van der Waals surface area contributed by atoms with Gasteiger partial charge < -0.3 is 14.2 Å². The molecule has 0 spiro atoms. The summed E-state index contributed by atoms with van der Waals surface area (Å²) in [4.78, 5) is 0. The fourth-order valence-corrected chi connectivity index (χ4v) is 4.87. The van der Waals surface area contributed by atoms with E-state index in [0.717, 1.165) is 23.7 Å². The molecule has 0 aromatic heterocycles. The van der Waals surface area contributed by atoms with Crippen LogP contribution in [0.2, 0.25) is 0 Å². The summed E-state index contributed by atoms with van der Waals surface area (Å²) < 4.78 is 18.8. The maximum Gasteiger partial charge on any atom is 0.184 e. The predicted molar refractivity (Wildman–Crippen MR) is 114 cm³/mol. The highest BCUT2D eigenvalue weighted by Crippen LogP contribution is 2.48. The number of alkyl halides is 1. The van der Waals surface area contributed by atoms with Crippen LogP contribution in [0.15, 0.2) is 71.8 Å². The topological polar surface area (TPSA) is 27.7 Å². The summed E-state index contributed by atoms with van der Waals surface area (Å²) in [6.45, 7) is 4.15. The van der Waals surface area contributed by atoms with Gasteiger partial charge in [0.15, 0.2) is 6.29 Å². The van der Waals surface area contributed by atoms with E-state index < -0.39 is 0 Å². The molecule has 0 radical (unpaired) electrons. The second-order valence-corrected chi connectivity index (χ2v) is 8.39. The summed E-state index contributed by atoms with van der Waals surface area (Å²) in [7, 11) is 0. The lowest BCUT2D eigenvalue weighted by Crippen LogP contribution is -2.49. The Morgan fingerprint density at radius 2 is 1.75 bits per heavy atom. The first-order valence-electron chi connectivity index (χ1n) is 9.92. The third-order valence-electron chi connectivity index (χ3n) is 5.95. The van der Waals surface area contributed by atoms with Gasteiger partial charge in [-0.2, -0.15) is 0 Å². The van der Waals surface area contributed by atoms with E-state index in [2.05, 4.69) is 47.1 Å². The zero-order chi connectivity index (χ0) is 19.4. The van der Waals surface area contributed by atoms with Crippen LogP contribution < -0.4 is 0 Å². The molecule has 3 nitrogen and oxygen atoms in total. The number of ether oxygens (including phenoxy) is 3. The molecule has 0 N–H and O–H groups in total. The van der Waals surface area contributed by atoms with E-state index in [4.69, 9.17) is 14.2 Å². The lowest BCUT2D eigenvalue weighted by atomic mass is 9.69. The van der Waals surface area contributed by atoms with Crippen molar-refractivity contribution in [3.05, 3.63) is 82.9 Å². The smallest absolute Gasteiger partial charge is 0.184 e. The highest BCUT2D eigenvalue weighted by atomic mass is 79.9. The maximum atomic E-state index is 6.44. The second-order valence-electron chi connectivity index (χ2n) is 7.83. The van der Waals surface area contributed by atoms with Crippen molar-refractivity contribution in [1.29, 1.82) is 0 Å². The molecule has 4 rings (SSSR count). The van der Waals surface area contributed by atoms with Crippen LogP contribution in [0, 0.1) is 5.41 Å². The number of allylic oxidation sites excluding steroid dienone is 1. The Kier molecular flexibility index (Phi) is 6.32. The molecule has 0 amide bonds. The molecular weight excluding hydrogens is 416 g/mol. The first-order chi connectivity index (χ1) is 13.7. The summed E-state index contributed by atoms with van der Waals surface area (Å²) in [5.41, 5.74) is 4.90. The van der Waals surface area contributed by atoms with Crippen molar-refractivity contribution in [2.24, 2.45) is 5.41 Å². The highest BCUT2D eigenvalue weighted by molar-refractivity contribution is 9.09. The molecule has 28 heavy (non-hydrogen) atoms. The fraction of sp³-hybridized carbons (Fsp3) is 0.417. The normalized spacial score (nSPS) is 27.5. The maximum absolute atomic E-state index is 6.44. The van der Waals surface area contributed by atoms with Gasteiger partial charge in [0.05, 0.1) is 25.9 Å². The molecule has 4 heteroatoms. The van der Waals surface area contributed by atoms with Gasteiger partial charge >= 0.3 is 0 Å². The summed E-state index contributed by atoms with van der Waals surface area (Å²) in [6, 6.07) is 20.5. The van der Waals surface area contributed by atoms with Crippen molar-refractivity contribution in [2.75, 3.05) is 18.5 Å². The highest BCUT2D eigenvalue weighted by Gasteiger charge is 2.47. The Hall–Kier alpha value is -1.46. The number of halogens is 1. The van der Waals surface area contributed by atoms with Crippen molar-refractivity contribution in [2.45, 2.75) is 38.8 Å². The molecular formula is C24H27BrO3. The average Bonchev–Trinajstić information content (AvgIpc) is 2.75. The lowest BCUT2D eigenvalue weighted by Gasteiger charge is -2.49. The molecule has 1 aliphatic carbocycles. The second kappa shape index (κ2) is 8.91. The molecule has 1 heterocycles. The Labute approximate surface area is 175 Å². The van der Waals surface area contributed by atoms with Crippen LogP contribution in [0.5, 0.6) is 0 Å². The monoisotopic (exact) mass is 442 g/mol. The lowest BCUT2D eigenvalue weighted by molar-refractivity contribution is -0.264. The molecule has 1 saturated heterocycles. The Balaban J connectivity index is 1.48. The van der Waals surface area contributed by atoms with E-state index in [1.165, 1.54) is 16.7 Å². The Bertz CT molecular complexity index is 805. The molecule has 2 aromatic rings. The standard InChI is InChI=1S/C24H27BrO3/c1-24-17-27-23(19-10-6-3-7-11-19)28-22(24)13-12-20(14-25)21(24)16-26-15-18-8-4-2-5-9-18/h2-11,22-23H,12-17H2,1H3/t22-,23+,24-/m0/s1. The van der Waals surface area contributed by atoms with Gasteiger partial charge in [-0.3, -0.25) is 0 Å². The Morgan fingerprint density at radius 1 is 1.04 bits per heavy atom. The van der Waals surface area contributed by atoms with Crippen LogP contribution in [0.1, 0.15) is 37.2 Å². The number of benzene rings is 2. The van der Waals surface area contributed by atoms with Crippen molar-refractivity contribution in [3.63, 3.8) is 0 Å². The third-order valence-corrected chi connectivity index (χ3v) is 6.63. The predicted octanol–water partition coefficient (Wildman–Crippen LogP) is 5.81. The van der Waals surface area contributed by atoms with E-state index in [1.807, 2.05) is 36.4 Å². The number of fused-ring (bicyclic) bond motifs is 1.